The molecule has 2 rings (SSSR count). The second-order valence-corrected chi connectivity index (χ2v) is 6.67. The van der Waals surface area contributed by atoms with Crippen molar-refractivity contribution in [3.8, 4) is 11.5 Å². The lowest BCUT2D eigenvalue weighted by atomic mass is 9.96. The van der Waals surface area contributed by atoms with E-state index < -0.39 is 0 Å². The van der Waals surface area contributed by atoms with Crippen LogP contribution in [0.25, 0.3) is 0 Å². The van der Waals surface area contributed by atoms with Crippen LogP contribution in [0.1, 0.15) is 45.5 Å². The summed E-state index contributed by atoms with van der Waals surface area (Å²) < 4.78 is 15.9. The van der Waals surface area contributed by atoms with E-state index in [9.17, 15) is 0 Å². The number of benzene rings is 1. The highest BCUT2D eigenvalue weighted by Crippen LogP contribution is 2.37. The van der Waals surface area contributed by atoms with E-state index in [1.54, 1.807) is 26.4 Å². The summed E-state index contributed by atoms with van der Waals surface area (Å²) in [5.74, 6) is 2.34. The van der Waals surface area contributed by atoms with Gasteiger partial charge >= 0.3 is 0 Å². The van der Waals surface area contributed by atoms with Crippen LogP contribution in [0.15, 0.2) is 16.7 Å². The zero-order valence-corrected chi connectivity index (χ0v) is 15.0. The van der Waals surface area contributed by atoms with E-state index in [-0.39, 0.29) is 11.5 Å². The van der Waals surface area contributed by atoms with Gasteiger partial charge < -0.3 is 19.3 Å². The molecule has 1 atom stereocenters. The summed E-state index contributed by atoms with van der Waals surface area (Å²) in [4.78, 5) is 4.45. The van der Waals surface area contributed by atoms with Gasteiger partial charge in [-0.05, 0) is 13.0 Å². The number of aromatic nitrogens is 2. The van der Waals surface area contributed by atoms with Gasteiger partial charge in [0.25, 0.3) is 0 Å². The standard InChI is InChI=1S/C16H22ClN3O3/c1-9(14-19-15(20-23-14)16(2,3)4)18-11-7-10(17)12(21-5)8-13(11)22-6/h7-9,18H,1-6H3/t9-/m0/s1. The highest BCUT2D eigenvalue weighted by molar-refractivity contribution is 6.32. The van der Waals surface area contributed by atoms with Crippen LogP contribution >= 0.6 is 11.6 Å². The Labute approximate surface area is 141 Å². The largest absolute Gasteiger partial charge is 0.495 e. The Hall–Kier alpha value is -1.95. The van der Waals surface area contributed by atoms with Gasteiger partial charge in [-0.1, -0.05) is 37.5 Å². The van der Waals surface area contributed by atoms with Gasteiger partial charge in [0.2, 0.25) is 5.89 Å². The molecule has 0 aliphatic carbocycles. The number of methoxy groups -OCH3 is 2. The fourth-order valence-electron chi connectivity index (χ4n) is 1.98. The van der Waals surface area contributed by atoms with Gasteiger partial charge in [-0.15, -0.1) is 0 Å². The van der Waals surface area contributed by atoms with Crippen molar-refractivity contribution in [2.75, 3.05) is 19.5 Å². The maximum absolute atomic E-state index is 6.18. The van der Waals surface area contributed by atoms with Gasteiger partial charge in [-0.25, -0.2) is 0 Å². The van der Waals surface area contributed by atoms with Crippen molar-refractivity contribution in [1.29, 1.82) is 0 Å². The second-order valence-electron chi connectivity index (χ2n) is 6.26. The van der Waals surface area contributed by atoms with Crippen molar-refractivity contribution >= 4 is 17.3 Å². The number of halogens is 1. The molecule has 1 aromatic carbocycles. The summed E-state index contributed by atoms with van der Waals surface area (Å²) in [6.45, 7) is 8.03. The first-order valence-electron chi connectivity index (χ1n) is 7.28. The lowest BCUT2D eigenvalue weighted by Gasteiger charge is -2.16. The predicted octanol–water partition coefficient (Wildman–Crippen LogP) is 4.21. The van der Waals surface area contributed by atoms with Crippen LogP contribution in [0.5, 0.6) is 11.5 Å². The van der Waals surface area contributed by atoms with Crippen molar-refractivity contribution < 1.29 is 14.0 Å². The molecule has 6 nitrogen and oxygen atoms in total. The molecule has 1 aromatic heterocycles. The molecule has 126 valence electrons. The van der Waals surface area contributed by atoms with E-state index >= 15 is 0 Å². The number of anilines is 1. The van der Waals surface area contributed by atoms with Crippen LogP contribution in [0.3, 0.4) is 0 Å². The molecule has 1 N–H and O–H groups in total. The lowest BCUT2D eigenvalue weighted by Crippen LogP contribution is -2.14. The minimum Gasteiger partial charge on any atom is -0.495 e. The Kier molecular flexibility index (Phi) is 5.04. The smallest absolute Gasteiger partial charge is 0.248 e. The number of ether oxygens (including phenoxy) is 2. The minimum absolute atomic E-state index is 0.164. The molecule has 0 bridgehead atoms. The molecule has 0 saturated carbocycles. The van der Waals surface area contributed by atoms with E-state index in [0.29, 0.717) is 28.2 Å². The van der Waals surface area contributed by atoms with E-state index in [4.69, 9.17) is 25.6 Å². The van der Waals surface area contributed by atoms with Crippen LogP contribution in [0.4, 0.5) is 5.69 Å². The van der Waals surface area contributed by atoms with Crippen molar-refractivity contribution in [1.82, 2.24) is 10.1 Å². The van der Waals surface area contributed by atoms with Crippen LogP contribution in [-0.2, 0) is 5.41 Å². The first-order valence-corrected chi connectivity index (χ1v) is 7.66. The lowest BCUT2D eigenvalue weighted by molar-refractivity contribution is 0.353. The van der Waals surface area contributed by atoms with Crippen LogP contribution < -0.4 is 14.8 Å². The first-order chi connectivity index (χ1) is 10.8. The average molecular weight is 340 g/mol. The third-order valence-electron chi connectivity index (χ3n) is 3.33. The van der Waals surface area contributed by atoms with Gasteiger partial charge in [-0.2, -0.15) is 4.98 Å². The highest BCUT2D eigenvalue weighted by atomic mass is 35.5. The molecule has 0 unspecified atom stereocenters. The van der Waals surface area contributed by atoms with Gasteiger partial charge in [0.1, 0.15) is 17.5 Å². The van der Waals surface area contributed by atoms with E-state index in [1.807, 2.05) is 27.7 Å². The summed E-state index contributed by atoms with van der Waals surface area (Å²) in [7, 11) is 3.14. The van der Waals surface area contributed by atoms with Gasteiger partial charge in [0.15, 0.2) is 5.82 Å². The number of nitrogens with one attached hydrogen (secondary N) is 1. The second kappa shape index (κ2) is 6.66. The molecule has 0 fully saturated rings. The summed E-state index contributed by atoms with van der Waals surface area (Å²) in [5, 5.41) is 7.80. The zero-order valence-electron chi connectivity index (χ0n) is 14.2. The minimum atomic E-state index is -0.197. The molecule has 1 heterocycles. The zero-order chi connectivity index (χ0) is 17.2. The van der Waals surface area contributed by atoms with Gasteiger partial charge in [-0.3, -0.25) is 0 Å². The summed E-state index contributed by atoms with van der Waals surface area (Å²) in [5.41, 5.74) is 0.559. The third-order valence-corrected chi connectivity index (χ3v) is 3.62. The summed E-state index contributed by atoms with van der Waals surface area (Å²) in [6, 6.07) is 3.28. The fraction of sp³-hybridized carbons (Fsp3) is 0.500. The number of hydrogen-bond donors (Lipinski definition) is 1. The molecular weight excluding hydrogens is 318 g/mol. The van der Waals surface area contributed by atoms with Gasteiger partial charge in [0, 0.05) is 11.5 Å². The van der Waals surface area contributed by atoms with Crippen LogP contribution in [0.2, 0.25) is 5.02 Å². The molecule has 7 heteroatoms. The van der Waals surface area contributed by atoms with Crippen molar-refractivity contribution in [2.45, 2.75) is 39.2 Å². The van der Waals surface area contributed by atoms with E-state index in [1.165, 1.54) is 0 Å². The maximum Gasteiger partial charge on any atom is 0.248 e. The monoisotopic (exact) mass is 339 g/mol. The number of nitrogens with zero attached hydrogens (tertiary/aromatic N) is 2. The topological polar surface area (TPSA) is 69.4 Å². The molecule has 0 radical (unpaired) electrons. The fourth-order valence-corrected chi connectivity index (χ4v) is 2.22. The molecule has 2 aromatic rings. The maximum atomic E-state index is 6.18. The predicted molar refractivity (Wildman–Crippen MR) is 89.6 cm³/mol. The Bertz CT molecular complexity index is 680. The molecule has 23 heavy (non-hydrogen) atoms. The van der Waals surface area contributed by atoms with Crippen molar-refractivity contribution in [2.24, 2.45) is 0 Å². The Morgan fingerprint density at radius 2 is 1.83 bits per heavy atom. The average Bonchev–Trinajstić information content (AvgIpc) is 2.97. The van der Waals surface area contributed by atoms with Crippen molar-refractivity contribution in [3.63, 3.8) is 0 Å². The summed E-state index contributed by atoms with van der Waals surface area (Å²) in [6.07, 6.45) is 0. The van der Waals surface area contributed by atoms with Gasteiger partial charge in [0.05, 0.1) is 24.9 Å². The Morgan fingerprint density at radius 1 is 1.17 bits per heavy atom. The highest BCUT2D eigenvalue weighted by Gasteiger charge is 2.23. The molecule has 0 saturated heterocycles. The molecular formula is C16H22ClN3O3. The number of hydrogen-bond acceptors (Lipinski definition) is 6. The number of rotatable bonds is 5. The molecule has 0 aliphatic heterocycles. The first kappa shape index (κ1) is 17.4. The summed E-state index contributed by atoms with van der Waals surface area (Å²) >= 11 is 6.18. The van der Waals surface area contributed by atoms with Crippen LogP contribution in [-0.4, -0.2) is 24.4 Å². The van der Waals surface area contributed by atoms with E-state index in [0.717, 1.165) is 5.69 Å². The normalized spacial score (nSPS) is 12.8. The Balaban J connectivity index is 2.24. The molecule has 0 amide bonds. The Morgan fingerprint density at radius 3 is 2.35 bits per heavy atom. The third kappa shape index (κ3) is 3.88. The van der Waals surface area contributed by atoms with Crippen LogP contribution in [0, 0.1) is 0 Å². The molecule has 0 spiro atoms. The van der Waals surface area contributed by atoms with E-state index in [2.05, 4.69) is 15.5 Å². The quantitative estimate of drug-likeness (QED) is 0.879. The van der Waals surface area contributed by atoms with Crippen molar-refractivity contribution in [3.05, 3.63) is 28.9 Å². The molecule has 0 aliphatic rings. The SMILES string of the molecule is COc1cc(OC)c(N[C@@H](C)c2nc(C(C)(C)C)no2)cc1Cl.